The first-order valence-electron chi connectivity index (χ1n) is 8.10. The quantitative estimate of drug-likeness (QED) is 0.763. The maximum atomic E-state index is 12.5. The van der Waals surface area contributed by atoms with Crippen LogP contribution in [0.25, 0.3) is 0 Å². The van der Waals surface area contributed by atoms with E-state index >= 15 is 0 Å². The summed E-state index contributed by atoms with van der Waals surface area (Å²) >= 11 is 0. The molecular weight excluding hydrogens is 324 g/mol. The molecule has 0 saturated heterocycles. The minimum absolute atomic E-state index is 0.318. The zero-order valence-electron chi connectivity index (χ0n) is 15.7. The molecule has 0 aliphatic rings. The van der Waals surface area contributed by atoms with E-state index in [1.54, 1.807) is 27.7 Å². The first kappa shape index (κ1) is 20.9. The van der Waals surface area contributed by atoms with Gasteiger partial charge in [0.2, 0.25) is 0 Å². The highest BCUT2D eigenvalue weighted by atomic mass is 16.7. The Labute approximate surface area is 149 Å². The van der Waals surface area contributed by atoms with Gasteiger partial charge in [0.15, 0.2) is 0 Å². The van der Waals surface area contributed by atoms with Crippen molar-refractivity contribution in [3.05, 3.63) is 35.9 Å². The summed E-state index contributed by atoms with van der Waals surface area (Å²) in [5, 5.41) is 3.61. The third kappa shape index (κ3) is 7.53. The van der Waals surface area contributed by atoms with Crippen LogP contribution in [0.15, 0.2) is 30.3 Å². The van der Waals surface area contributed by atoms with Gasteiger partial charge in [-0.1, -0.05) is 30.3 Å². The Balaban J connectivity index is 2.78. The molecule has 2 atom stereocenters. The number of carbonyl (C=O) groups excluding carboxylic acids is 2. The lowest BCUT2D eigenvalue weighted by molar-refractivity contribution is -0.174. The Kier molecular flexibility index (Phi) is 7.86. The predicted molar refractivity (Wildman–Crippen MR) is 93.6 cm³/mol. The van der Waals surface area contributed by atoms with Crippen LogP contribution < -0.4 is 5.32 Å². The van der Waals surface area contributed by atoms with E-state index in [9.17, 15) is 9.59 Å². The number of ether oxygens (including phenoxy) is 2. The summed E-state index contributed by atoms with van der Waals surface area (Å²) in [5.74, 6) is -0.436. The zero-order valence-corrected chi connectivity index (χ0v) is 15.7. The molecule has 1 aromatic rings. The molecule has 0 aromatic heterocycles. The van der Waals surface area contributed by atoms with E-state index in [2.05, 4.69) is 5.32 Å². The van der Waals surface area contributed by atoms with Crippen molar-refractivity contribution in [1.29, 1.82) is 0 Å². The van der Waals surface area contributed by atoms with Gasteiger partial charge in [0, 0.05) is 7.05 Å². The molecule has 1 N–H and O–H groups in total. The largest absolute Gasteiger partial charge is 0.444 e. The maximum Gasteiger partial charge on any atom is 0.408 e. The van der Waals surface area contributed by atoms with E-state index in [-0.39, 0.29) is 0 Å². The van der Waals surface area contributed by atoms with Crippen LogP contribution >= 0.6 is 0 Å². The molecule has 7 nitrogen and oxygen atoms in total. The maximum absolute atomic E-state index is 12.5. The fraction of sp³-hybridized carbons (Fsp3) is 0.556. The number of alkyl carbamates (subject to hydrolysis) is 1. The number of nitrogens with zero attached hydrogens (tertiary/aromatic N) is 1. The third-order valence-corrected chi connectivity index (χ3v) is 3.35. The van der Waals surface area contributed by atoms with E-state index in [4.69, 9.17) is 14.3 Å². The van der Waals surface area contributed by atoms with E-state index in [0.717, 1.165) is 10.6 Å². The average molecular weight is 352 g/mol. The van der Waals surface area contributed by atoms with Crippen LogP contribution in [0.1, 0.15) is 33.3 Å². The molecule has 1 rings (SSSR count). The molecule has 0 spiro atoms. The summed E-state index contributed by atoms with van der Waals surface area (Å²) in [7, 11) is 2.84. The molecule has 0 aliphatic heterocycles. The Morgan fingerprint density at radius 3 is 2.32 bits per heavy atom. The molecule has 7 heteroatoms. The smallest absolute Gasteiger partial charge is 0.408 e. The van der Waals surface area contributed by atoms with Gasteiger partial charge < -0.3 is 14.8 Å². The summed E-state index contributed by atoms with van der Waals surface area (Å²) in [4.78, 5) is 29.5. The lowest BCUT2D eigenvalue weighted by Gasteiger charge is -2.28. The number of hydrogen-bond donors (Lipinski definition) is 1. The van der Waals surface area contributed by atoms with Crippen LogP contribution in [0.5, 0.6) is 0 Å². The lowest BCUT2D eigenvalue weighted by atomic mass is 10.1. The number of rotatable bonds is 7. The summed E-state index contributed by atoms with van der Waals surface area (Å²) in [5.41, 5.74) is 0.303. The Bertz CT molecular complexity index is 556. The molecule has 0 bridgehead atoms. The van der Waals surface area contributed by atoms with Crippen LogP contribution in [0.2, 0.25) is 0 Å². The minimum Gasteiger partial charge on any atom is -0.444 e. The summed E-state index contributed by atoms with van der Waals surface area (Å²) < 4.78 is 11.0. The Morgan fingerprint density at radius 2 is 1.80 bits per heavy atom. The summed E-state index contributed by atoms with van der Waals surface area (Å²) in [6.45, 7) is 7.28. The number of hydroxylamine groups is 2. The highest BCUT2D eigenvalue weighted by Crippen LogP contribution is 2.11. The molecule has 140 valence electrons. The third-order valence-electron chi connectivity index (χ3n) is 3.35. The molecule has 1 aromatic carbocycles. The number of nitrogens with one attached hydrogen (secondary N) is 1. The van der Waals surface area contributed by atoms with Crippen molar-refractivity contribution >= 4 is 12.0 Å². The van der Waals surface area contributed by atoms with Gasteiger partial charge in [-0.3, -0.25) is 9.63 Å². The normalized spacial score (nSPS) is 13.7. The Hall–Kier alpha value is -2.12. The second-order valence-electron chi connectivity index (χ2n) is 6.64. The predicted octanol–water partition coefficient (Wildman–Crippen LogP) is 2.50. The SMILES string of the molecule is CON(C)C(=O)[C@@H](NC(=O)OC(C)(C)C)C(C)OCc1ccccc1. The number of likely N-dealkylation sites (N-methyl/N-ethyl adjacent to an activating group) is 1. The summed E-state index contributed by atoms with van der Waals surface area (Å²) in [6, 6.07) is 8.63. The van der Waals surface area contributed by atoms with Crippen molar-refractivity contribution < 1.29 is 23.9 Å². The second-order valence-corrected chi connectivity index (χ2v) is 6.64. The minimum atomic E-state index is -0.941. The van der Waals surface area contributed by atoms with Crippen LogP contribution in [0, 0.1) is 0 Å². The van der Waals surface area contributed by atoms with Crippen molar-refractivity contribution in [1.82, 2.24) is 10.4 Å². The molecule has 2 amide bonds. The van der Waals surface area contributed by atoms with E-state index < -0.39 is 29.7 Å². The van der Waals surface area contributed by atoms with Crippen LogP contribution in [0.4, 0.5) is 4.79 Å². The monoisotopic (exact) mass is 352 g/mol. The first-order chi connectivity index (χ1) is 11.6. The highest BCUT2D eigenvalue weighted by molar-refractivity contribution is 5.85. The van der Waals surface area contributed by atoms with Gasteiger partial charge >= 0.3 is 6.09 Å². The zero-order chi connectivity index (χ0) is 19.0. The Morgan fingerprint density at radius 1 is 1.20 bits per heavy atom. The van der Waals surface area contributed by atoms with Gasteiger partial charge in [0.05, 0.1) is 19.8 Å². The van der Waals surface area contributed by atoms with Crippen molar-refractivity contribution in [3.63, 3.8) is 0 Å². The highest BCUT2D eigenvalue weighted by Gasteiger charge is 2.32. The fourth-order valence-electron chi connectivity index (χ4n) is 2.00. The molecule has 0 radical (unpaired) electrons. The first-order valence-corrected chi connectivity index (χ1v) is 8.10. The van der Waals surface area contributed by atoms with E-state index in [0.29, 0.717) is 6.61 Å². The van der Waals surface area contributed by atoms with Crippen LogP contribution in [0.3, 0.4) is 0 Å². The molecule has 25 heavy (non-hydrogen) atoms. The van der Waals surface area contributed by atoms with Crippen molar-refractivity contribution in [2.24, 2.45) is 0 Å². The van der Waals surface area contributed by atoms with Gasteiger partial charge in [-0.05, 0) is 33.3 Å². The van der Waals surface area contributed by atoms with Gasteiger partial charge in [0.1, 0.15) is 11.6 Å². The second kappa shape index (κ2) is 9.39. The van der Waals surface area contributed by atoms with Crippen molar-refractivity contribution in [3.8, 4) is 0 Å². The lowest BCUT2D eigenvalue weighted by Crippen LogP contribution is -2.54. The standard InChI is InChI=1S/C18H28N2O5/c1-13(24-12-14-10-8-7-9-11-14)15(16(21)20(5)23-6)19-17(22)25-18(2,3)4/h7-11,13,15H,12H2,1-6H3,(H,19,22)/t13?,15-/m0/s1. The number of carbonyl (C=O) groups is 2. The molecule has 0 saturated carbocycles. The summed E-state index contributed by atoms with van der Waals surface area (Å²) in [6.07, 6.45) is -1.27. The topological polar surface area (TPSA) is 77.1 Å². The van der Waals surface area contributed by atoms with E-state index in [1.807, 2.05) is 30.3 Å². The van der Waals surface area contributed by atoms with Crippen LogP contribution in [-0.4, -0.2) is 49.0 Å². The van der Waals surface area contributed by atoms with Crippen molar-refractivity contribution in [2.45, 2.75) is 52.0 Å². The number of benzene rings is 1. The van der Waals surface area contributed by atoms with E-state index in [1.165, 1.54) is 14.2 Å². The molecular formula is C18H28N2O5. The number of amides is 2. The van der Waals surface area contributed by atoms with Gasteiger partial charge in [-0.25, -0.2) is 9.86 Å². The average Bonchev–Trinajstić information content (AvgIpc) is 2.55. The molecule has 1 unspecified atom stereocenters. The fourth-order valence-corrected chi connectivity index (χ4v) is 2.00. The molecule has 0 heterocycles. The molecule has 0 fully saturated rings. The molecule has 0 aliphatic carbocycles. The van der Waals surface area contributed by atoms with Gasteiger partial charge in [0.25, 0.3) is 5.91 Å². The van der Waals surface area contributed by atoms with Crippen LogP contribution in [-0.2, 0) is 25.7 Å². The number of hydrogen-bond acceptors (Lipinski definition) is 5. The van der Waals surface area contributed by atoms with Gasteiger partial charge in [-0.15, -0.1) is 0 Å². The van der Waals surface area contributed by atoms with Crippen molar-refractivity contribution in [2.75, 3.05) is 14.2 Å². The van der Waals surface area contributed by atoms with Gasteiger partial charge in [-0.2, -0.15) is 0 Å².